The van der Waals surface area contributed by atoms with Crippen LogP contribution >= 0.6 is 0 Å². The lowest BCUT2D eigenvalue weighted by atomic mass is 10.1. The van der Waals surface area contributed by atoms with Gasteiger partial charge in [-0.05, 0) is 63.6 Å². The van der Waals surface area contributed by atoms with Crippen molar-refractivity contribution in [3.8, 4) is 0 Å². The molecule has 2 aromatic carbocycles. The molecule has 1 saturated carbocycles. The van der Waals surface area contributed by atoms with Crippen LogP contribution in [0, 0.1) is 11.7 Å². The molecule has 12 heteroatoms. The maximum absolute atomic E-state index is 15.3. The predicted molar refractivity (Wildman–Crippen MR) is 153 cm³/mol. The van der Waals surface area contributed by atoms with E-state index in [9.17, 15) is 24.0 Å². The summed E-state index contributed by atoms with van der Waals surface area (Å²) in [5.41, 5.74) is -1.55. The Hall–Kier alpha value is -4.48. The molecule has 1 aliphatic carbocycles. The number of likely N-dealkylation sites (tertiary alicyclic amines) is 1. The van der Waals surface area contributed by atoms with E-state index < -0.39 is 40.4 Å². The number of hydrogen-bond acceptors (Lipinski definition) is 5. The molecule has 2 N–H and O–H groups in total. The first-order valence-corrected chi connectivity index (χ1v) is 13.9. The fourth-order valence-electron chi connectivity index (χ4n) is 5.77. The van der Waals surface area contributed by atoms with E-state index in [1.807, 2.05) is 0 Å². The van der Waals surface area contributed by atoms with Crippen LogP contribution < -0.4 is 27.8 Å². The Morgan fingerprint density at radius 1 is 1.05 bits per heavy atom. The summed E-state index contributed by atoms with van der Waals surface area (Å²) >= 11 is 0. The van der Waals surface area contributed by atoms with Crippen molar-refractivity contribution in [2.75, 3.05) is 18.4 Å². The number of aromatic amines is 1. The summed E-state index contributed by atoms with van der Waals surface area (Å²) in [6.07, 6.45) is 2.95. The van der Waals surface area contributed by atoms with Gasteiger partial charge in [-0.2, -0.15) is 0 Å². The van der Waals surface area contributed by atoms with Crippen molar-refractivity contribution >= 4 is 33.5 Å². The Balaban J connectivity index is 1.31. The summed E-state index contributed by atoms with van der Waals surface area (Å²) in [5.74, 6) is -0.512. The molecule has 1 unspecified atom stereocenters. The van der Waals surface area contributed by atoms with Gasteiger partial charge in [-0.15, -0.1) is 0 Å². The van der Waals surface area contributed by atoms with E-state index in [1.165, 1.54) is 20.1 Å². The van der Waals surface area contributed by atoms with Gasteiger partial charge in [0.25, 0.3) is 11.1 Å². The predicted octanol–water partition coefficient (Wildman–Crippen LogP) is 3.17. The van der Waals surface area contributed by atoms with E-state index in [-0.39, 0.29) is 35.1 Å². The number of benzene rings is 2. The summed E-state index contributed by atoms with van der Waals surface area (Å²) in [7, 11) is 0. The Labute approximate surface area is 232 Å². The molecule has 41 heavy (non-hydrogen) atoms. The van der Waals surface area contributed by atoms with E-state index >= 15 is 4.39 Å². The standard InChI is InChI=1S/C29H31FN6O5/c1-16(2)35-24-13-21(30)23(12-20(24)25(37)34(29(35)41)14-17-9-10-17)32-27(39)33-11-5-6-18(15-33)36-26(38)19-7-3-4-8-22(19)31-28(36)40/h3-4,7-8,12-13,16-18H,5-6,9-11,14-15H2,1-2H3,(H,31,40)(H,32,39). The zero-order valence-electron chi connectivity index (χ0n) is 22.9. The minimum absolute atomic E-state index is 0.0729. The van der Waals surface area contributed by atoms with Crippen LogP contribution in [-0.2, 0) is 6.54 Å². The highest BCUT2D eigenvalue weighted by Crippen LogP contribution is 2.30. The second-order valence-corrected chi connectivity index (χ2v) is 11.3. The molecule has 6 rings (SSSR count). The molecular formula is C29H31FN6O5. The number of urea groups is 1. The number of amides is 2. The van der Waals surface area contributed by atoms with Gasteiger partial charge in [0, 0.05) is 31.7 Å². The van der Waals surface area contributed by atoms with Crippen molar-refractivity contribution in [1.82, 2.24) is 23.6 Å². The number of H-pyrrole nitrogens is 1. The van der Waals surface area contributed by atoms with E-state index in [4.69, 9.17) is 0 Å². The van der Waals surface area contributed by atoms with Gasteiger partial charge in [-0.1, -0.05) is 12.1 Å². The minimum Gasteiger partial charge on any atom is -0.322 e. The Morgan fingerprint density at radius 2 is 1.80 bits per heavy atom. The van der Waals surface area contributed by atoms with Gasteiger partial charge in [-0.3, -0.25) is 23.3 Å². The summed E-state index contributed by atoms with van der Waals surface area (Å²) < 4.78 is 19.1. The molecule has 2 amide bonds. The number of piperidine rings is 1. The fraction of sp³-hybridized carbons (Fsp3) is 0.414. The average Bonchev–Trinajstić information content (AvgIpc) is 3.76. The average molecular weight is 563 g/mol. The van der Waals surface area contributed by atoms with Gasteiger partial charge in [-0.25, -0.2) is 18.8 Å². The number of halogens is 1. The van der Waals surface area contributed by atoms with Crippen molar-refractivity contribution in [3.05, 3.63) is 83.9 Å². The topological polar surface area (TPSA) is 131 Å². The second kappa shape index (κ2) is 10.2. The quantitative estimate of drug-likeness (QED) is 0.386. The van der Waals surface area contributed by atoms with Crippen molar-refractivity contribution < 1.29 is 9.18 Å². The molecule has 0 spiro atoms. The van der Waals surface area contributed by atoms with Crippen molar-refractivity contribution in [1.29, 1.82) is 0 Å². The summed E-state index contributed by atoms with van der Waals surface area (Å²) in [6, 6.07) is 7.63. The number of rotatable bonds is 5. The fourth-order valence-corrected chi connectivity index (χ4v) is 5.77. The molecule has 0 radical (unpaired) electrons. The van der Waals surface area contributed by atoms with Crippen LogP contribution in [0.5, 0.6) is 0 Å². The zero-order valence-corrected chi connectivity index (χ0v) is 22.9. The molecule has 214 valence electrons. The number of fused-ring (bicyclic) bond motifs is 2. The van der Waals surface area contributed by atoms with E-state index in [2.05, 4.69) is 10.3 Å². The summed E-state index contributed by atoms with van der Waals surface area (Å²) in [4.78, 5) is 69.9. The first-order chi connectivity index (χ1) is 19.6. The van der Waals surface area contributed by atoms with Crippen molar-refractivity contribution in [2.45, 2.75) is 58.2 Å². The van der Waals surface area contributed by atoms with Crippen LogP contribution in [0.3, 0.4) is 0 Å². The minimum atomic E-state index is -0.783. The smallest absolute Gasteiger partial charge is 0.322 e. The highest BCUT2D eigenvalue weighted by atomic mass is 19.1. The van der Waals surface area contributed by atoms with E-state index in [0.717, 1.165) is 23.5 Å². The number of nitrogens with one attached hydrogen (secondary N) is 2. The second-order valence-electron chi connectivity index (χ2n) is 11.3. The molecular weight excluding hydrogens is 531 g/mol. The maximum Gasteiger partial charge on any atom is 0.331 e. The third-order valence-corrected chi connectivity index (χ3v) is 8.04. The largest absolute Gasteiger partial charge is 0.331 e. The number of nitrogens with zero attached hydrogens (tertiary/aromatic N) is 4. The first kappa shape index (κ1) is 26.7. The van der Waals surface area contributed by atoms with Crippen molar-refractivity contribution in [2.24, 2.45) is 5.92 Å². The Bertz CT molecular complexity index is 1930. The molecule has 0 bridgehead atoms. The molecule has 2 fully saturated rings. The zero-order chi connectivity index (χ0) is 29.0. The van der Waals surface area contributed by atoms with Crippen LogP contribution in [0.1, 0.15) is 51.6 Å². The SMILES string of the molecule is CC(C)n1c(=O)n(CC2CC2)c(=O)c2cc(NC(=O)N3CCCC(n4c(=O)[nH]c5ccccc5c4=O)C3)c(F)cc21. The van der Waals surface area contributed by atoms with Crippen molar-refractivity contribution in [3.63, 3.8) is 0 Å². The van der Waals surface area contributed by atoms with Gasteiger partial charge < -0.3 is 15.2 Å². The summed E-state index contributed by atoms with van der Waals surface area (Å²) in [5, 5.41) is 3.08. The molecule has 1 aliphatic heterocycles. The van der Waals surface area contributed by atoms with Gasteiger partial charge in [0.2, 0.25) is 0 Å². The molecule has 3 heterocycles. The number of carbonyl (C=O) groups is 1. The normalized spacial score (nSPS) is 17.5. The Kier molecular flexibility index (Phi) is 6.63. The number of anilines is 1. The molecule has 2 aliphatic rings. The molecule has 4 aromatic rings. The lowest BCUT2D eigenvalue weighted by Gasteiger charge is -2.33. The van der Waals surface area contributed by atoms with Crippen LogP contribution in [0.25, 0.3) is 21.8 Å². The summed E-state index contributed by atoms with van der Waals surface area (Å²) in [6.45, 7) is 4.31. The van der Waals surface area contributed by atoms with Gasteiger partial charge in [0.15, 0.2) is 0 Å². The number of carbonyl (C=O) groups excluding carboxylic acids is 1. The van der Waals surface area contributed by atoms with Crippen LogP contribution in [0.2, 0.25) is 0 Å². The molecule has 2 aromatic heterocycles. The monoisotopic (exact) mass is 562 g/mol. The molecule has 1 atom stereocenters. The lowest BCUT2D eigenvalue weighted by molar-refractivity contribution is 0.176. The molecule has 11 nitrogen and oxygen atoms in total. The first-order valence-electron chi connectivity index (χ1n) is 13.9. The highest BCUT2D eigenvalue weighted by Gasteiger charge is 2.29. The van der Waals surface area contributed by atoms with Crippen LogP contribution in [-0.4, -0.2) is 42.7 Å². The third kappa shape index (κ3) is 4.76. The number of hydrogen-bond donors (Lipinski definition) is 2. The van der Waals surface area contributed by atoms with Gasteiger partial charge in [0.1, 0.15) is 5.82 Å². The van der Waals surface area contributed by atoms with E-state index in [0.29, 0.717) is 36.8 Å². The lowest BCUT2D eigenvalue weighted by Crippen LogP contribution is -2.48. The van der Waals surface area contributed by atoms with Crippen LogP contribution in [0.15, 0.2) is 55.6 Å². The maximum atomic E-state index is 15.3. The number of para-hydroxylation sites is 1. The molecule has 1 saturated heterocycles. The number of aromatic nitrogens is 4. The van der Waals surface area contributed by atoms with E-state index in [1.54, 1.807) is 38.1 Å². The van der Waals surface area contributed by atoms with Gasteiger partial charge >= 0.3 is 17.4 Å². The van der Waals surface area contributed by atoms with Crippen LogP contribution in [0.4, 0.5) is 14.9 Å². The Morgan fingerprint density at radius 3 is 2.54 bits per heavy atom. The highest BCUT2D eigenvalue weighted by molar-refractivity contribution is 5.93. The van der Waals surface area contributed by atoms with Gasteiger partial charge in [0.05, 0.1) is 33.5 Å². The third-order valence-electron chi connectivity index (χ3n) is 8.04.